The van der Waals surface area contributed by atoms with Crippen LogP contribution in [0.5, 0.6) is 0 Å². The van der Waals surface area contributed by atoms with Gasteiger partial charge >= 0.3 is 0 Å². The molecule has 0 unspecified atom stereocenters. The summed E-state index contributed by atoms with van der Waals surface area (Å²) >= 11 is 3.43. The van der Waals surface area contributed by atoms with Crippen molar-refractivity contribution in [3.05, 3.63) is 35.4 Å². The fourth-order valence-electron chi connectivity index (χ4n) is 2.18. The molecule has 0 aliphatic carbocycles. The second kappa shape index (κ2) is 9.13. The van der Waals surface area contributed by atoms with Gasteiger partial charge in [-0.2, -0.15) is 0 Å². The first kappa shape index (κ1) is 16.2. The molecule has 0 aliphatic heterocycles. The molecular weight excluding hydrogens is 302 g/mol. The summed E-state index contributed by atoms with van der Waals surface area (Å²) in [5.41, 5.74) is 2.41. The van der Waals surface area contributed by atoms with Gasteiger partial charge in [0.1, 0.15) is 0 Å². The second-order valence-electron chi connectivity index (χ2n) is 4.94. The lowest BCUT2D eigenvalue weighted by molar-refractivity contribution is -0.125. The molecule has 1 aromatic carbocycles. The fourth-order valence-corrected chi connectivity index (χ4v) is 2.56. The van der Waals surface area contributed by atoms with Gasteiger partial charge in [0.15, 0.2) is 0 Å². The summed E-state index contributed by atoms with van der Waals surface area (Å²) in [6.45, 7) is 4.90. The van der Waals surface area contributed by atoms with Crippen LogP contribution in [0, 0.1) is 5.92 Å². The van der Waals surface area contributed by atoms with E-state index in [0.29, 0.717) is 6.54 Å². The summed E-state index contributed by atoms with van der Waals surface area (Å²) in [6, 6.07) is 8.33. The molecule has 2 nitrogen and oxygen atoms in total. The Morgan fingerprint density at radius 3 is 2.11 bits per heavy atom. The summed E-state index contributed by atoms with van der Waals surface area (Å²) in [5.74, 6) is 0.380. The predicted octanol–water partition coefficient (Wildman–Crippen LogP) is 4.41. The highest BCUT2D eigenvalue weighted by molar-refractivity contribution is 9.08. The van der Waals surface area contributed by atoms with Gasteiger partial charge in [-0.25, -0.2) is 0 Å². The topological polar surface area (TPSA) is 29.1 Å². The molecule has 0 heterocycles. The van der Waals surface area contributed by atoms with Crippen LogP contribution in [0.1, 0.15) is 50.7 Å². The summed E-state index contributed by atoms with van der Waals surface area (Å²) in [7, 11) is 0. The Bertz CT molecular complexity index is 369. The van der Waals surface area contributed by atoms with Gasteiger partial charge < -0.3 is 5.32 Å². The maximum absolute atomic E-state index is 12.1. The number of hydrogen-bond acceptors (Lipinski definition) is 1. The van der Waals surface area contributed by atoms with Crippen molar-refractivity contribution in [2.45, 2.75) is 51.4 Å². The molecule has 0 spiro atoms. The Labute approximate surface area is 125 Å². The lowest BCUT2D eigenvalue weighted by atomic mass is 9.97. The summed E-state index contributed by atoms with van der Waals surface area (Å²) < 4.78 is 0. The zero-order valence-corrected chi connectivity index (χ0v) is 13.5. The first-order chi connectivity index (χ1) is 9.21. The fraction of sp³-hybridized carbons (Fsp3) is 0.562. The van der Waals surface area contributed by atoms with Crippen molar-refractivity contribution in [2.24, 2.45) is 5.92 Å². The number of rotatable bonds is 8. The third-order valence-electron chi connectivity index (χ3n) is 3.29. The molecule has 0 radical (unpaired) electrons. The molecule has 1 N–H and O–H groups in total. The molecule has 1 amide bonds. The van der Waals surface area contributed by atoms with Crippen LogP contribution in [0.4, 0.5) is 0 Å². The van der Waals surface area contributed by atoms with Crippen LogP contribution < -0.4 is 5.32 Å². The van der Waals surface area contributed by atoms with E-state index in [0.717, 1.165) is 36.6 Å². The Kier molecular flexibility index (Phi) is 7.80. The average Bonchev–Trinajstić information content (AvgIpc) is 2.45. The smallest absolute Gasteiger partial charge is 0.223 e. The van der Waals surface area contributed by atoms with E-state index in [1.807, 2.05) is 0 Å². The van der Waals surface area contributed by atoms with Crippen LogP contribution in [0.15, 0.2) is 24.3 Å². The highest BCUT2D eigenvalue weighted by Crippen LogP contribution is 2.14. The third kappa shape index (κ3) is 5.77. The van der Waals surface area contributed by atoms with Gasteiger partial charge in [0.25, 0.3) is 0 Å². The number of carbonyl (C=O) groups excluding carboxylic acids is 1. The maximum atomic E-state index is 12.1. The third-order valence-corrected chi connectivity index (χ3v) is 3.94. The lowest BCUT2D eigenvalue weighted by Gasteiger charge is -2.15. The molecule has 1 aromatic rings. The minimum Gasteiger partial charge on any atom is -0.352 e. The summed E-state index contributed by atoms with van der Waals surface area (Å²) in [6.07, 6.45) is 4.11. The van der Waals surface area contributed by atoms with E-state index in [-0.39, 0.29) is 11.8 Å². The average molecular weight is 326 g/mol. The van der Waals surface area contributed by atoms with E-state index in [9.17, 15) is 4.79 Å². The van der Waals surface area contributed by atoms with Crippen molar-refractivity contribution >= 4 is 21.8 Å². The van der Waals surface area contributed by atoms with Crippen LogP contribution in [-0.2, 0) is 16.7 Å². The van der Waals surface area contributed by atoms with Crippen LogP contribution >= 0.6 is 15.9 Å². The first-order valence-corrected chi connectivity index (χ1v) is 8.24. The van der Waals surface area contributed by atoms with E-state index in [4.69, 9.17) is 0 Å². The van der Waals surface area contributed by atoms with Gasteiger partial charge in [0, 0.05) is 17.8 Å². The molecule has 0 atom stereocenters. The van der Waals surface area contributed by atoms with E-state index < -0.39 is 0 Å². The van der Waals surface area contributed by atoms with E-state index in [1.54, 1.807) is 0 Å². The van der Waals surface area contributed by atoms with Crippen molar-refractivity contribution in [3.8, 4) is 0 Å². The molecule has 0 aromatic heterocycles. The van der Waals surface area contributed by atoms with Gasteiger partial charge in [0.05, 0.1) is 0 Å². The minimum atomic E-state index is 0.178. The van der Waals surface area contributed by atoms with E-state index in [1.165, 1.54) is 5.56 Å². The number of hydrogen-bond donors (Lipinski definition) is 1. The molecular formula is C16H24BrNO. The molecule has 3 heteroatoms. The predicted molar refractivity (Wildman–Crippen MR) is 84.2 cm³/mol. The van der Waals surface area contributed by atoms with Gasteiger partial charge in [0.2, 0.25) is 5.91 Å². The molecule has 0 saturated heterocycles. The van der Waals surface area contributed by atoms with Crippen molar-refractivity contribution in [1.82, 2.24) is 5.32 Å². The van der Waals surface area contributed by atoms with Crippen molar-refractivity contribution in [3.63, 3.8) is 0 Å². The Balaban J connectivity index is 2.46. The van der Waals surface area contributed by atoms with Crippen LogP contribution in [-0.4, -0.2) is 5.91 Å². The highest BCUT2D eigenvalue weighted by atomic mass is 79.9. The molecule has 0 saturated carbocycles. The lowest BCUT2D eigenvalue weighted by Crippen LogP contribution is -2.30. The monoisotopic (exact) mass is 325 g/mol. The normalized spacial score (nSPS) is 10.7. The molecule has 19 heavy (non-hydrogen) atoms. The zero-order chi connectivity index (χ0) is 14.1. The molecule has 0 bridgehead atoms. The number of nitrogens with one attached hydrogen (secondary N) is 1. The SMILES string of the molecule is CCCC(CCC)C(=O)NCc1ccc(CBr)cc1. The molecule has 1 rings (SSSR count). The maximum Gasteiger partial charge on any atom is 0.223 e. The van der Waals surface area contributed by atoms with Crippen molar-refractivity contribution in [1.29, 1.82) is 0 Å². The summed E-state index contributed by atoms with van der Waals surface area (Å²) in [5, 5.41) is 3.93. The van der Waals surface area contributed by atoms with Gasteiger partial charge in [-0.1, -0.05) is 66.9 Å². The van der Waals surface area contributed by atoms with Gasteiger partial charge in [-0.3, -0.25) is 4.79 Å². The Morgan fingerprint density at radius 1 is 1.11 bits per heavy atom. The van der Waals surface area contributed by atoms with Crippen LogP contribution in [0.3, 0.4) is 0 Å². The number of alkyl halides is 1. The van der Waals surface area contributed by atoms with Gasteiger partial charge in [-0.05, 0) is 24.0 Å². The molecule has 106 valence electrons. The minimum absolute atomic E-state index is 0.178. The largest absolute Gasteiger partial charge is 0.352 e. The molecule has 0 fully saturated rings. The quantitative estimate of drug-likeness (QED) is 0.704. The van der Waals surface area contributed by atoms with Crippen LogP contribution in [0.25, 0.3) is 0 Å². The van der Waals surface area contributed by atoms with E-state index >= 15 is 0 Å². The highest BCUT2D eigenvalue weighted by Gasteiger charge is 2.15. The standard InChI is InChI=1S/C16H24BrNO/c1-3-5-15(6-4-2)16(19)18-12-14-9-7-13(11-17)8-10-14/h7-10,15H,3-6,11-12H2,1-2H3,(H,18,19). The second-order valence-corrected chi connectivity index (χ2v) is 5.50. The summed E-state index contributed by atoms with van der Waals surface area (Å²) in [4.78, 5) is 12.1. The van der Waals surface area contributed by atoms with Crippen LogP contribution in [0.2, 0.25) is 0 Å². The first-order valence-electron chi connectivity index (χ1n) is 7.12. The van der Waals surface area contributed by atoms with E-state index in [2.05, 4.69) is 59.4 Å². The Morgan fingerprint density at radius 2 is 1.63 bits per heavy atom. The Hall–Kier alpha value is -0.830. The number of halogens is 1. The zero-order valence-electron chi connectivity index (χ0n) is 11.9. The van der Waals surface area contributed by atoms with Crippen molar-refractivity contribution < 1.29 is 4.79 Å². The number of amides is 1. The number of carbonyl (C=O) groups is 1. The van der Waals surface area contributed by atoms with Gasteiger partial charge in [-0.15, -0.1) is 0 Å². The van der Waals surface area contributed by atoms with Crippen molar-refractivity contribution in [2.75, 3.05) is 0 Å². The number of benzene rings is 1. The molecule has 0 aliphatic rings.